The van der Waals surface area contributed by atoms with Crippen LogP contribution in [0.2, 0.25) is 0 Å². The quantitative estimate of drug-likeness (QED) is 0.785. The fourth-order valence-electron chi connectivity index (χ4n) is 6.11. The number of likely N-dealkylation sites (N-methyl/N-ethyl adjacent to an activating group) is 1. The molecule has 0 unspecified atom stereocenters. The molecule has 4 aliphatic carbocycles. The summed E-state index contributed by atoms with van der Waals surface area (Å²) in [7, 11) is 0. The highest BCUT2D eigenvalue weighted by molar-refractivity contribution is 5.85. The van der Waals surface area contributed by atoms with Crippen LogP contribution in [0.5, 0.6) is 0 Å². The summed E-state index contributed by atoms with van der Waals surface area (Å²) in [6, 6.07) is 0. The highest BCUT2D eigenvalue weighted by atomic mass is 16.2. The minimum Gasteiger partial charge on any atom is -0.341 e. The maximum absolute atomic E-state index is 13.3. The lowest BCUT2D eigenvalue weighted by Crippen LogP contribution is -2.55. The van der Waals surface area contributed by atoms with Gasteiger partial charge >= 0.3 is 0 Å². The van der Waals surface area contributed by atoms with Crippen LogP contribution in [-0.2, 0) is 9.59 Å². The summed E-state index contributed by atoms with van der Waals surface area (Å²) in [6.07, 6.45) is 7.99. The lowest BCUT2D eigenvalue weighted by atomic mass is 9.49. The molecule has 0 aromatic heterocycles. The van der Waals surface area contributed by atoms with Crippen LogP contribution in [0.3, 0.4) is 0 Å². The van der Waals surface area contributed by atoms with Crippen molar-refractivity contribution in [2.45, 2.75) is 51.9 Å². The van der Waals surface area contributed by atoms with Crippen molar-refractivity contribution < 1.29 is 9.59 Å². The van der Waals surface area contributed by atoms with Crippen LogP contribution in [0.4, 0.5) is 0 Å². The normalized spacial score (nSPS) is 41.0. The Morgan fingerprint density at radius 2 is 1.64 bits per heavy atom. The van der Waals surface area contributed by atoms with Gasteiger partial charge in [0.25, 0.3) is 0 Å². The molecule has 1 aliphatic heterocycles. The summed E-state index contributed by atoms with van der Waals surface area (Å²) >= 11 is 0. The van der Waals surface area contributed by atoms with Crippen molar-refractivity contribution in [2.24, 2.45) is 23.2 Å². The monoisotopic (exact) mass is 304 g/mol. The SMILES string of the molecule is CCN1CCN(C(=O)C23CC4CC(CC(C4)C2)C3)CCC1=O. The minimum atomic E-state index is -0.0564. The molecule has 5 rings (SSSR count). The topological polar surface area (TPSA) is 40.6 Å². The Morgan fingerprint density at radius 3 is 2.18 bits per heavy atom. The van der Waals surface area contributed by atoms with Gasteiger partial charge in [-0.2, -0.15) is 0 Å². The predicted molar refractivity (Wildman–Crippen MR) is 84.1 cm³/mol. The zero-order valence-electron chi connectivity index (χ0n) is 13.7. The third-order valence-corrected chi connectivity index (χ3v) is 6.75. The summed E-state index contributed by atoms with van der Waals surface area (Å²) in [5, 5.41) is 0. The smallest absolute Gasteiger partial charge is 0.228 e. The molecule has 5 fully saturated rings. The Balaban J connectivity index is 1.51. The van der Waals surface area contributed by atoms with Gasteiger partial charge in [0.05, 0.1) is 5.41 Å². The number of hydrogen-bond donors (Lipinski definition) is 0. The highest BCUT2D eigenvalue weighted by Crippen LogP contribution is 2.60. The molecule has 0 spiro atoms. The first-order valence-electron chi connectivity index (χ1n) is 9.17. The molecule has 4 heteroatoms. The molecule has 0 N–H and O–H groups in total. The van der Waals surface area contributed by atoms with Gasteiger partial charge in [0, 0.05) is 32.6 Å². The Bertz CT molecular complexity index is 452. The fourth-order valence-corrected chi connectivity index (χ4v) is 6.11. The van der Waals surface area contributed by atoms with Crippen molar-refractivity contribution in [1.82, 2.24) is 9.80 Å². The molecule has 0 radical (unpaired) electrons. The lowest BCUT2D eigenvalue weighted by molar-refractivity contribution is -0.157. The maximum Gasteiger partial charge on any atom is 0.228 e. The Morgan fingerprint density at radius 1 is 1.05 bits per heavy atom. The number of nitrogens with zero attached hydrogens (tertiary/aromatic N) is 2. The molecule has 5 aliphatic rings. The molecule has 0 aromatic rings. The van der Waals surface area contributed by atoms with E-state index in [-0.39, 0.29) is 11.3 Å². The number of carbonyl (C=O) groups excluding carboxylic acids is 2. The van der Waals surface area contributed by atoms with Crippen LogP contribution in [0.25, 0.3) is 0 Å². The summed E-state index contributed by atoms with van der Waals surface area (Å²) in [4.78, 5) is 29.3. The first kappa shape index (κ1) is 14.5. The molecule has 1 saturated heterocycles. The van der Waals surface area contributed by atoms with E-state index >= 15 is 0 Å². The molecule has 4 saturated carbocycles. The second kappa shape index (κ2) is 5.24. The van der Waals surface area contributed by atoms with Gasteiger partial charge in [-0.15, -0.1) is 0 Å². The van der Waals surface area contributed by atoms with Crippen molar-refractivity contribution >= 4 is 11.8 Å². The first-order chi connectivity index (χ1) is 10.6. The maximum atomic E-state index is 13.3. The van der Waals surface area contributed by atoms with Gasteiger partial charge < -0.3 is 9.80 Å². The van der Waals surface area contributed by atoms with Gasteiger partial charge in [0.15, 0.2) is 0 Å². The largest absolute Gasteiger partial charge is 0.341 e. The number of hydrogen-bond acceptors (Lipinski definition) is 2. The standard InChI is InChI=1S/C18H28N2O2/c1-2-19-5-6-20(4-3-16(19)21)17(22)18-10-13-7-14(11-18)9-15(8-13)12-18/h13-15H,2-12H2,1H3. The molecule has 0 atom stereocenters. The molecule has 122 valence electrons. The third kappa shape index (κ3) is 2.26. The summed E-state index contributed by atoms with van der Waals surface area (Å²) < 4.78 is 0. The van der Waals surface area contributed by atoms with Crippen LogP contribution in [0.1, 0.15) is 51.9 Å². The Labute approximate surface area is 133 Å². The van der Waals surface area contributed by atoms with E-state index in [1.807, 2.05) is 16.7 Å². The van der Waals surface area contributed by atoms with Gasteiger partial charge in [0.1, 0.15) is 0 Å². The zero-order valence-corrected chi connectivity index (χ0v) is 13.7. The van der Waals surface area contributed by atoms with Gasteiger partial charge in [-0.05, 0) is 63.2 Å². The molecule has 22 heavy (non-hydrogen) atoms. The summed E-state index contributed by atoms with van der Waals surface area (Å²) in [5.74, 6) is 3.00. The van der Waals surface area contributed by atoms with E-state index in [0.717, 1.165) is 50.1 Å². The van der Waals surface area contributed by atoms with Crippen LogP contribution >= 0.6 is 0 Å². The van der Waals surface area contributed by atoms with Gasteiger partial charge in [-0.3, -0.25) is 9.59 Å². The zero-order chi connectivity index (χ0) is 15.3. The minimum absolute atomic E-state index is 0.0564. The van der Waals surface area contributed by atoms with E-state index in [4.69, 9.17) is 0 Å². The Hall–Kier alpha value is -1.06. The van der Waals surface area contributed by atoms with Crippen LogP contribution < -0.4 is 0 Å². The van der Waals surface area contributed by atoms with Crippen LogP contribution in [0, 0.1) is 23.2 Å². The van der Waals surface area contributed by atoms with Crippen molar-refractivity contribution in [1.29, 1.82) is 0 Å². The van der Waals surface area contributed by atoms with E-state index in [1.54, 1.807) is 0 Å². The van der Waals surface area contributed by atoms with Gasteiger partial charge in [0.2, 0.25) is 11.8 Å². The van der Waals surface area contributed by atoms with E-state index in [2.05, 4.69) is 0 Å². The average Bonchev–Trinajstić information content (AvgIpc) is 2.66. The molecule has 4 nitrogen and oxygen atoms in total. The summed E-state index contributed by atoms with van der Waals surface area (Å²) in [6.45, 7) is 4.87. The third-order valence-electron chi connectivity index (χ3n) is 6.75. The first-order valence-corrected chi connectivity index (χ1v) is 9.17. The second-order valence-electron chi connectivity index (χ2n) is 8.21. The van der Waals surface area contributed by atoms with Gasteiger partial charge in [-0.25, -0.2) is 0 Å². The van der Waals surface area contributed by atoms with Crippen LogP contribution in [0.15, 0.2) is 0 Å². The van der Waals surface area contributed by atoms with E-state index < -0.39 is 0 Å². The molecule has 0 aromatic carbocycles. The van der Waals surface area contributed by atoms with Crippen molar-refractivity contribution in [3.05, 3.63) is 0 Å². The molecular formula is C18H28N2O2. The van der Waals surface area contributed by atoms with E-state index in [0.29, 0.717) is 25.4 Å². The fraction of sp³-hybridized carbons (Fsp3) is 0.889. The molecular weight excluding hydrogens is 276 g/mol. The van der Waals surface area contributed by atoms with Gasteiger partial charge in [-0.1, -0.05) is 0 Å². The van der Waals surface area contributed by atoms with E-state index in [9.17, 15) is 9.59 Å². The average molecular weight is 304 g/mol. The molecule has 4 bridgehead atoms. The predicted octanol–water partition coefficient (Wildman–Crippen LogP) is 2.28. The second-order valence-corrected chi connectivity index (χ2v) is 8.21. The van der Waals surface area contributed by atoms with Crippen LogP contribution in [-0.4, -0.2) is 47.8 Å². The van der Waals surface area contributed by atoms with Crippen molar-refractivity contribution in [2.75, 3.05) is 26.2 Å². The molecule has 1 heterocycles. The molecule has 2 amide bonds. The Kier molecular flexibility index (Phi) is 3.46. The highest BCUT2D eigenvalue weighted by Gasteiger charge is 2.55. The number of rotatable bonds is 2. The van der Waals surface area contributed by atoms with E-state index in [1.165, 1.54) is 19.3 Å². The van der Waals surface area contributed by atoms with Crippen molar-refractivity contribution in [3.8, 4) is 0 Å². The number of carbonyl (C=O) groups is 2. The number of amides is 2. The lowest BCUT2D eigenvalue weighted by Gasteiger charge is -2.56. The summed E-state index contributed by atoms with van der Waals surface area (Å²) in [5.41, 5.74) is -0.0564. The van der Waals surface area contributed by atoms with Crippen molar-refractivity contribution in [3.63, 3.8) is 0 Å².